The van der Waals surface area contributed by atoms with Gasteiger partial charge in [-0.25, -0.2) is 5.43 Å². The second kappa shape index (κ2) is 11.5. The van der Waals surface area contributed by atoms with Gasteiger partial charge >= 0.3 is 0 Å². The zero-order chi connectivity index (χ0) is 25.5. The summed E-state index contributed by atoms with van der Waals surface area (Å²) in [7, 11) is 0. The third kappa shape index (κ3) is 6.61. The molecule has 0 amide bonds. The number of para-hydroxylation sites is 1. The van der Waals surface area contributed by atoms with Gasteiger partial charge in [-0.3, -0.25) is 0 Å². The third-order valence-electron chi connectivity index (χ3n) is 6.50. The van der Waals surface area contributed by atoms with Crippen molar-refractivity contribution < 1.29 is 5.11 Å². The molecule has 1 aromatic heterocycles. The van der Waals surface area contributed by atoms with Gasteiger partial charge in [-0.2, -0.15) is 20.1 Å². The SMILES string of the molecule is Cc1ccc(Nc2nc(N/N=C\c3ccccc3O)nc(N3CCC(Cc4ccccc4)CC3)n2)cc1. The summed E-state index contributed by atoms with van der Waals surface area (Å²) in [4.78, 5) is 16.1. The van der Waals surface area contributed by atoms with Crippen molar-refractivity contribution in [3.8, 4) is 5.75 Å². The van der Waals surface area contributed by atoms with Crippen LogP contribution in [0.25, 0.3) is 0 Å². The molecule has 0 saturated carbocycles. The molecule has 0 bridgehead atoms. The number of hydrazone groups is 1. The van der Waals surface area contributed by atoms with Gasteiger partial charge in [-0.1, -0.05) is 60.2 Å². The van der Waals surface area contributed by atoms with Crippen molar-refractivity contribution in [3.05, 3.63) is 95.6 Å². The van der Waals surface area contributed by atoms with Crippen molar-refractivity contribution in [1.82, 2.24) is 15.0 Å². The number of piperidine rings is 1. The number of rotatable bonds is 8. The molecule has 3 N–H and O–H groups in total. The quantitative estimate of drug-likeness (QED) is 0.219. The van der Waals surface area contributed by atoms with E-state index in [1.54, 1.807) is 24.4 Å². The lowest BCUT2D eigenvalue weighted by Crippen LogP contribution is -2.35. The van der Waals surface area contributed by atoms with Gasteiger partial charge in [-0.05, 0) is 61.9 Å². The standard InChI is InChI=1S/C29H31N7O/c1-21-11-13-25(14-12-21)31-27-32-28(35-30-20-24-9-5-6-10-26(24)37)34-29(33-27)36-17-15-23(16-18-36)19-22-7-3-2-4-8-22/h2-14,20,23,37H,15-19H2,1H3,(H2,31,32,33,34,35)/b30-20-. The first-order valence-electron chi connectivity index (χ1n) is 12.6. The van der Waals surface area contributed by atoms with E-state index in [0.717, 1.165) is 38.0 Å². The molecule has 1 fully saturated rings. The van der Waals surface area contributed by atoms with Crippen LogP contribution < -0.4 is 15.6 Å². The van der Waals surface area contributed by atoms with Gasteiger partial charge in [0.25, 0.3) is 0 Å². The van der Waals surface area contributed by atoms with Crippen molar-refractivity contribution in [1.29, 1.82) is 0 Å². The smallest absolute Gasteiger partial charge is 0.250 e. The summed E-state index contributed by atoms with van der Waals surface area (Å²) < 4.78 is 0. The molecule has 1 aliphatic rings. The van der Waals surface area contributed by atoms with Crippen LogP contribution in [0.5, 0.6) is 5.75 Å². The number of aryl methyl sites for hydroxylation is 1. The minimum Gasteiger partial charge on any atom is -0.507 e. The Morgan fingerprint density at radius 1 is 0.892 bits per heavy atom. The van der Waals surface area contributed by atoms with Gasteiger partial charge < -0.3 is 15.3 Å². The van der Waals surface area contributed by atoms with Gasteiger partial charge in [0.15, 0.2) is 0 Å². The normalized spacial score (nSPS) is 14.1. The summed E-state index contributed by atoms with van der Waals surface area (Å²) >= 11 is 0. The number of phenols is 1. The number of nitrogens with zero attached hydrogens (tertiary/aromatic N) is 5. The van der Waals surface area contributed by atoms with E-state index in [4.69, 9.17) is 4.98 Å². The fraction of sp³-hybridized carbons (Fsp3) is 0.241. The molecule has 0 unspecified atom stereocenters. The van der Waals surface area contributed by atoms with E-state index < -0.39 is 0 Å². The first-order valence-corrected chi connectivity index (χ1v) is 12.6. The summed E-state index contributed by atoms with van der Waals surface area (Å²) in [6.07, 6.45) is 4.80. The maximum absolute atomic E-state index is 9.99. The molecular formula is C29H31N7O. The van der Waals surface area contributed by atoms with E-state index in [9.17, 15) is 5.11 Å². The average molecular weight is 494 g/mol. The minimum atomic E-state index is 0.157. The highest BCUT2D eigenvalue weighted by molar-refractivity contribution is 5.83. The molecule has 5 rings (SSSR count). The fourth-order valence-electron chi connectivity index (χ4n) is 4.42. The lowest BCUT2D eigenvalue weighted by Gasteiger charge is -2.32. The molecule has 8 heteroatoms. The minimum absolute atomic E-state index is 0.157. The summed E-state index contributed by atoms with van der Waals surface area (Å²) in [6, 6.07) is 25.8. The Balaban J connectivity index is 1.32. The number of hydrogen-bond acceptors (Lipinski definition) is 8. The molecule has 0 spiro atoms. The Kier molecular flexibility index (Phi) is 7.55. The van der Waals surface area contributed by atoms with Crippen molar-refractivity contribution >= 4 is 29.7 Å². The van der Waals surface area contributed by atoms with Crippen LogP contribution in [0.2, 0.25) is 0 Å². The van der Waals surface area contributed by atoms with Gasteiger partial charge in [0.05, 0.1) is 6.21 Å². The van der Waals surface area contributed by atoms with Gasteiger partial charge in [-0.15, -0.1) is 0 Å². The maximum atomic E-state index is 9.99. The largest absolute Gasteiger partial charge is 0.507 e. The van der Waals surface area contributed by atoms with Crippen LogP contribution in [-0.2, 0) is 6.42 Å². The van der Waals surface area contributed by atoms with E-state index in [0.29, 0.717) is 29.3 Å². The average Bonchev–Trinajstić information content (AvgIpc) is 2.92. The van der Waals surface area contributed by atoms with Crippen LogP contribution in [0.3, 0.4) is 0 Å². The van der Waals surface area contributed by atoms with Crippen molar-refractivity contribution in [2.24, 2.45) is 11.0 Å². The van der Waals surface area contributed by atoms with Crippen LogP contribution in [0.1, 0.15) is 29.5 Å². The maximum Gasteiger partial charge on any atom is 0.250 e. The Morgan fingerprint density at radius 2 is 1.59 bits per heavy atom. The Bertz CT molecular complexity index is 1330. The molecule has 0 aliphatic carbocycles. The monoisotopic (exact) mass is 493 g/mol. The van der Waals surface area contributed by atoms with Crippen molar-refractivity contribution in [2.45, 2.75) is 26.2 Å². The number of benzene rings is 3. The summed E-state index contributed by atoms with van der Waals surface area (Å²) in [6.45, 7) is 3.81. The summed E-state index contributed by atoms with van der Waals surface area (Å²) in [5.41, 5.74) is 6.97. The number of aromatic hydroxyl groups is 1. The number of aromatic nitrogens is 3. The number of anilines is 4. The number of nitrogens with one attached hydrogen (secondary N) is 2. The fourth-order valence-corrected chi connectivity index (χ4v) is 4.42. The first kappa shape index (κ1) is 24.2. The molecule has 3 aromatic carbocycles. The highest BCUT2D eigenvalue weighted by Gasteiger charge is 2.22. The van der Waals surface area contributed by atoms with Gasteiger partial charge in [0, 0.05) is 24.3 Å². The highest BCUT2D eigenvalue weighted by Crippen LogP contribution is 2.26. The van der Waals surface area contributed by atoms with Crippen LogP contribution in [0.15, 0.2) is 84.0 Å². The Hall–Kier alpha value is -4.46. The van der Waals surface area contributed by atoms with E-state index >= 15 is 0 Å². The van der Waals surface area contributed by atoms with E-state index in [1.165, 1.54) is 11.1 Å². The van der Waals surface area contributed by atoms with Crippen molar-refractivity contribution in [3.63, 3.8) is 0 Å². The van der Waals surface area contributed by atoms with Gasteiger partial charge in [0.2, 0.25) is 17.8 Å². The third-order valence-corrected chi connectivity index (χ3v) is 6.50. The number of hydrogen-bond donors (Lipinski definition) is 3. The summed E-state index contributed by atoms with van der Waals surface area (Å²) in [5, 5.41) is 17.5. The Labute approximate surface area is 217 Å². The van der Waals surface area contributed by atoms with Crippen LogP contribution in [0, 0.1) is 12.8 Å². The van der Waals surface area contributed by atoms with E-state index in [1.807, 2.05) is 30.3 Å². The summed E-state index contributed by atoms with van der Waals surface area (Å²) in [5.74, 6) is 2.19. The molecule has 8 nitrogen and oxygen atoms in total. The zero-order valence-electron chi connectivity index (χ0n) is 20.9. The molecule has 1 aliphatic heterocycles. The van der Waals surface area contributed by atoms with E-state index in [-0.39, 0.29) is 5.75 Å². The Morgan fingerprint density at radius 3 is 2.35 bits per heavy atom. The van der Waals surface area contributed by atoms with Crippen LogP contribution in [-0.4, -0.2) is 39.4 Å². The zero-order valence-corrected chi connectivity index (χ0v) is 20.9. The second-order valence-electron chi connectivity index (χ2n) is 9.32. The molecule has 0 radical (unpaired) electrons. The lowest BCUT2D eigenvalue weighted by atomic mass is 9.90. The molecule has 37 heavy (non-hydrogen) atoms. The predicted octanol–water partition coefficient (Wildman–Crippen LogP) is 5.53. The molecule has 4 aromatic rings. The topological polar surface area (TPSA) is 98.6 Å². The predicted molar refractivity (Wildman–Crippen MR) is 149 cm³/mol. The second-order valence-corrected chi connectivity index (χ2v) is 9.32. The molecule has 0 atom stereocenters. The number of phenolic OH excluding ortho intramolecular Hbond substituents is 1. The molecule has 1 saturated heterocycles. The van der Waals surface area contributed by atoms with Crippen LogP contribution >= 0.6 is 0 Å². The van der Waals surface area contributed by atoms with Crippen LogP contribution in [0.4, 0.5) is 23.5 Å². The lowest BCUT2D eigenvalue weighted by molar-refractivity contribution is 0.400. The van der Waals surface area contributed by atoms with Gasteiger partial charge in [0.1, 0.15) is 5.75 Å². The van der Waals surface area contributed by atoms with Crippen molar-refractivity contribution in [2.75, 3.05) is 28.7 Å². The first-order chi connectivity index (χ1) is 18.1. The molecular weight excluding hydrogens is 462 g/mol. The molecule has 2 heterocycles. The van der Waals surface area contributed by atoms with E-state index in [2.05, 4.69) is 68.0 Å². The highest BCUT2D eigenvalue weighted by atomic mass is 16.3. The molecule has 188 valence electrons.